The summed E-state index contributed by atoms with van der Waals surface area (Å²) in [6, 6.07) is 5.28. The summed E-state index contributed by atoms with van der Waals surface area (Å²) < 4.78 is 17.8. The normalized spacial score (nSPS) is 19.8. The molecule has 10 nitrogen and oxygen atoms in total. The third-order valence-electron chi connectivity index (χ3n) is 6.60. The van der Waals surface area contributed by atoms with Crippen LogP contribution in [0.25, 0.3) is 28.4 Å². The van der Waals surface area contributed by atoms with E-state index in [1.807, 2.05) is 6.07 Å². The van der Waals surface area contributed by atoms with Crippen LogP contribution in [0.4, 0.5) is 0 Å². The molecule has 0 saturated heterocycles. The zero-order valence-electron chi connectivity index (χ0n) is 18.1. The lowest BCUT2D eigenvalue weighted by molar-refractivity contribution is -0.172. The Morgan fingerprint density at radius 2 is 2.09 bits per heavy atom. The van der Waals surface area contributed by atoms with Crippen molar-refractivity contribution in [3.63, 3.8) is 0 Å². The molecule has 2 aromatic heterocycles. The summed E-state index contributed by atoms with van der Waals surface area (Å²) in [6.07, 6.45) is 2.86. The molecule has 1 aromatic carbocycles. The Morgan fingerprint density at radius 1 is 1.26 bits per heavy atom. The van der Waals surface area contributed by atoms with Crippen LogP contribution in [0, 0.1) is 0 Å². The quantitative estimate of drug-likeness (QED) is 0.343. The van der Waals surface area contributed by atoms with Crippen molar-refractivity contribution >= 4 is 28.9 Å². The van der Waals surface area contributed by atoms with Crippen molar-refractivity contribution in [1.82, 2.24) is 9.55 Å². The van der Waals surface area contributed by atoms with E-state index < -0.39 is 17.5 Å². The van der Waals surface area contributed by atoms with E-state index in [4.69, 9.17) is 24.9 Å². The van der Waals surface area contributed by atoms with Crippen LogP contribution in [-0.4, -0.2) is 33.3 Å². The van der Waals surface area contributed by atoms with Gasteiger partial charge in [0.1, 0.15) is 6.61 Å². The number of cyclic esters (lactones) is 1. The lowest BCUT2D eigenvalue weighted by Gasteiger charge is -2.31. The number of rotatable bonds is 3. The zero-order valence-corrected chi connectivity index (χ0v) is 18.1. The Kier molecular flexibility index (Phi) is 4.15. The van der Waals surface area contributed by atoms with Crippen LogP contribution < -0.4 is 20.8 Å². The third-order valence-corrected chi connectivity index (χ3v) is 6.60. The smallest absolute Gasteiger partial charge is 0.343 e. The summed E-state index contributed by atoms with van der Waals surface area (Å²) >= 11 is 0. The fourth-order valence-electron chi connectivity index (χ4n) is 4.84. The van der Waals surface area contributed by atoms with E-state index in [9.17, 15) is 19.5 Å². The molecule has 0 bridgehead atoms. The molecule has 0 spiro atoms. The summed E-state index contributed by atoms with van der Waals surface area (Å²) in [6.45, 7) is 1.76. The van der Waals surface area contributed by atoms with E-state index in [0.29, 0.717) is 39.4 Å². The van der Waals surface area contributed by atoms with E-state index in [1.54, 1.807) is 29.7 Å². The fourth-order valence-corrected chi connectivity index (χ4v) is 4.84. The highest BCUT2D eigenvalue weighted by Crippen LogP contribution is 2.44. The van der Waals surface area contributed by atoms with Gasteiger partial charge >= 0.3 is 5.97 Å². The molecule has 3 aromatic rings. The molecule has 5 heterocycles. The summed E-state index contributed by atoms with van der Waals surface area (Å²) in [4.78, 5) is 41.8. The molecule has 0 fully saturated rings. The molecule has 10 heteroatoms. The summed E-state index contributed by atoms with van der Waals surface area (Å²) in [5.74, 6) is -0.412. The first kappa shape index (κ1) is 20.4. The molecule has 34 heavy (non-hydrogen) atoms. The average Bonchev–Trinajstić information content (AvgIpc) is 3.42. The molecule has 1 amide bonds. The van der Waals surface area contributed by atoms with Gasteiger partial charge in [0.2, 0.25) is 12.7 Å². The van der Waals surface area contributed by atoms with Crippen LogP contribution in [0.3, 0.4) is 0 Å². The van der Waals surface area contributed by atoms with E-state index in [0.717, 1.165) is 5.56 Å². The molecule has 172 valence electrons. The predicted octanol–water partition coefficient (Wildman–Crippen LogP) is 1.31. The second kappa shape index (κ2) is 6.91. The van der Waals surface area contributed by atoms with Gasteiger partial charge < -0.3 is 29.6 Å². The number of primary amides is 1. The number of hydrogen-bond donors (Lipinski definition) is 2. The first-order valence-corrected chi connectivity index (χ1v) is 10.7. The average molecular weight is 461 g/mol. The van der Waals surface area contributed by atoms with Crippen LogP contribution >= 0.6 is 0 Å². The SMILES string of the molecule is CCC1(O)C(=O)OCc2c1cc1n(c2=O)Cc2cc3c(C=CC(N)=O)c4c(cc3nc2-1)OCO4. The van der Waals surface area contributed by atoms with Crippen LogP contribution in [0.2, 0.25) is 0 Å². The standard InChI is InChI=1S/C24H19N3O7/c1-2-24(31)15-6-17-20-11(8-27(17)22(29)14(15)9-32-23(24)30)5-13-12(3-4-19(25)28)21-18(33-10-34-21)7-16(13)26-20/h3-7,31H,2,8-10H2,1H3,(H2,25,28). The number of aliphatic hydroxyl groups is 1. The third kappa shape index (κ3) is 2.65. The van der Waals surface area contributed by atoms with Gasteiger partial charge in [-0.2, -0.15) is 0 Å². The maximum absolute atomic E-state index is 13.3. The lowest BCUT2D eigenvalue weighted by atomic mass is 9.86. The van der Waals surface area contributed by atoms with Gasteiger partial charge in [0.25, 0.3) is 5.56 Å². The number of fused-ring (bicyclic) bond motifs is 6. The van der Waals surface area contributed by atoms with Crippen LogP contribution in [-0.2, 0) is 33.1 Å². The number of aromatic nitrogens is 2. The second-order valence-electron chi connectivity index (χ2n) is 8.43. The molecule has 0 saturated carbocycles. The van der Waals surface area contributed by atoms with Gasteiger partial charge in [-0.3, -0.25) is 9.59 Å². The van der Waals surface area contributed by atoms with Gasteiger partial charge in [0.05, 0.1) is 29.0 Å². The Bertz CT molecular complexity index is 1540. The highest BCUT2D eigenvalue weighted by molar-refractivity contribution is 5.99. The number of amides is 1. The summed E-state index contributed by atoms with van der Waals surface area (Å²) in [5, 5.41) is 11.7. The van der Waals surface area contributed by atoms with Gasteiger partial charge in [-0.05, 0) is 24.6 Å². The van der Waals surface area contributed by atoms with Crippen molar-refractivity contribution in [1.29, 1.82) is 0 Å². The molecule has 6 rings (SSSR count). The van der Waals surface area contributed by atoms with Crippen molar-refractivity contribution in [3.8, 4) is 22.9 Å². The number of carbonyl (C=O) groups excluding carboxylic acids is 2. The number of pyridine rings is 2. The molecule has 3 N–H and O–H groups in total. The van der Waals surface area contributed by atoms with Crippen LogP contribution in [0.1, 0.15) is 35.6 Å². The predicted molar refractivity (Wildman–Crippen MR) is 119 cm³/mol. The maximum Gasteiger partial charge on any atom is 0.343 e. The molecular weight excluding hydrogens is 442 g/mol. The number of nitrogens with zero attached hydrogens (tertiary/aromatic N) is 2. The highest BCUT2D eigenvalue weighted by atomic mass is 16.7. The van der Waals surface area contributed by atoms with Gasteiger partial charge in [0.15, 0.2) is 17.1 Å². The molecule has 0 radical (unpaired) electrons. The lowest BCUT2D eigenvalue weighted by Crippen LogP contribution is -2.44. The summed E-state index contributed by atoms with van der Waals surface area (Å²) in [7, 11) is 0. The van der Waals surface area contributed by atoms with Crippen LogP contribution in [0.15, 0.2) is 29.1 Å². The number of carbonyl (C=O) groups is 2. The number of hydrogen-bond acceptors (Lipinski definition) is 8. The van der Waals surface area contributed by atoms with Gasteiger partial charge in [-0.1, -0.05) is 6.92 Å². The van der Waals surface area contributed by atoms with Crippen molar-refractivity contribution in [2.24, 2.45) is 5.73 Å². The fraction of sp³-hybridized carbons (Fsp3) is 0.250. The number of ether oxygens (including phenoxy) is 3. The monoisotopic (exact) mass is 461 g/mol. The molecule has 3 aliphatic heterocycles. The first-order chi connectivity index (χ1) is 16.3. The minimum atomic E-state index is -1.89. The number of benzene rings is 1. The Balaban J connectivity index is 1.60. The van der Waals surface area contributed by atoms with E-state index in [2.05, 4.69) is 0 Å². The topological polar surface area (TPSA) is 143 Å². The second-order valence-corrected chi connectivity index (χ2v) is 8.43. The van der Waals surface area contributed by atoms with E-state index >= 15 is 0 Å². The zero-order chi connectivity index (χ0) is 23.8. The Hall–Kier alpha value is -4.18. The maximum atomic E-state index is 13.3. The Labute approximate surface area is 192 Å². The largest absolute Gasteiger partial charge is 0.458 e. The van der Waals surface area contributed by atoms with Crippen molar-refractivity contribution < 1.29 is 28.9 Å². The Morgan fingerprint density at radius 3 is 2.85 bits per heavy atom. The first-order valence-electron chi connectivity index (χ1n) is 10.7. The van der Waals surface area contributed by atoms with Gasteiger partial charge in [-0.15, -0.1) is 0 Å². The summed E-state index contributed by atoms with van der Waals surface area (Å²) in [5.41, 5.74) is 6.59. The van der Waals surface area contributed by atoms with Crippen LogP contribution in [0.5, 0.6) is 11.5 Å². The van der Waals surface area contributed by atoms with Crippen molar-refractivity contribution in [2.45, 2.75) is 32.1 Å². The number of esters is 1. The minimum absolute atomic E-state index is 0.0405. The minimum Gasteiger partial charge on any atom is -0.458 e. The molecule has 3 aliphatic rings. The molecule has 1 unspecified atom stereocenters. The van der Waals surface area contributed by atoms with E-state index in [-0.39, 0.29) is 43.1 Å². The van der Waals surface area contributed by atoms with Crippen molar-refractivity contribution in [3.05, 3.63) is 56.9 Å². The molecular formula is C24H19N3O7. The highest BCUT2D eigenvalue weighted by Gasteiger charge is 2.45. The van der Waals surface area contributed by atoms with Gasteiger partial charge in [0, 0.05) is 34.2 Å². The number of nitrogens with two attached hydrogens (primary N) is 1. The molecule has 0 aliphatic carbocycles. The molecule has 1 atom stereocenters. The van der Waals surface area contributed by atoms with E-state index in [1.165, 1.54) is 6.08 Å². The van der Waals surface area contributed by atoms with Gasteiger partial charge in [-0.25, -0.2) is 9.78 Å². The van der Waals surface area contributed by atoms with Crippen molar-refractivity contribution in [2.75, 3.05) is 6.79 Å².